The second-order valence-corrected chi connectivity index (χ2v) is 7.61. The van der Waals surface area contributed by atoms with Crippen molar-refractivity contribution in [1.29, 1.82) is 0 Å². The van der Waals surface area contributed by atoms with Crippen LogP contribution in [0.4, 0.5) is 19.0 Å². The molecule has 0 aliphatic carbocycles. The van der Waals surface area contributed by atoms with E-state index in [2.05, 4.69) is 15.3 Å². The maximum atomic E-state index is 13.6. The molecule has 5 aromatic rings. The van der Waals surface area contributed by atoms with E-state index < -0.39 is 17.6 Å². The zero-order valence-electron chi connectivity index (χ0n) is 17.8. The number of amides is 1. The van der Waals surface area contributed by atoms with Crippen LogP contribution in [0.5, 0.6) is 0 Å². The minimum absolute atomic E-state index is 0.0174. The van der Waals surface area contributed by atoms with Gasteiger partial charge in [-0.1, -0.05) is 36.4 Å². The van der Waals surface area contributed by atoms with Crippen molar-refractivity contribution in [2.75, 3.05) is 5.32 Å². The Bertz CT molecular complexity index is 1500. The number of alkyl halides is 3. The lowest BCUT2D eigenvalue weighted by Gasteiger charge is -2.13. The molecule has 0 radical (unpaired) electrons. The number of rotatable bonds is 4. The first-order valence-electron chi connectivity index (χ1n) is 10.3. The monoisotopic (exact) mass is 462 g/mol. The maximum Gasteiger partial charge on any atom is 0.417 e. The molecule has 1 amide bonds. The summed E-state index contributed by atoms with van der Waals surface area (Å²) in [5.41, 5.74) is 1.13. The van der Waals surface area contributed by atoms with E-state index in [-0.39, 0.29) is 17.0 Å². The van der Waals surface area contributed by atoms with E-state index in [0.717, 1.165) is 23.8 Å². The Morgan fingerprint density at radius 3 is 2.47 bits per heavy atom. The van der Waals surface area contributed by atoms with Crippen molar-refractivity contribution in [1.82, 2.24) is 14.4 Å². The van der Waals surface area contributed by atoms with Gasteiger partial charge in [-0.3, -0.25) is 9.20 Å². The lowest BCUT2D eigenvalue weighted by atomic mass is 10.0. The summed E-state index contributed by atoms with van der Waals surface area (Å²) in [5, 5.41) is 2.82. The average molecular weight is 462 g/mol. The van der Waals surface area contributed by atoms with Gasteiger partial charge in [-0.05, 0) is 37.3 Å². The molecule has 0 saturated heterocycles. The molecule has 170 valence electrons. The summed E-state index contributed by atoms with van der Waals surface area (Å²) < 4.78 is 47.8. The highest BCUT2D eigenvalue weighted by Gasteiger charge is 2.35. The highest BCUT2D eigenvalue weighted by molar-refractivity contribution is 6.06. The molecule has 5 rings (SSSR count). The molecule has 0 bridgehead atoms. The van der Waals surface area contributed by atoms with Gasteiger partial charge in [-0.15, -0.1) is 0 Å². The molecule has 34 heavy (non-hydrogen) atoms. The van der Waals surface area contributed by atoms with Crippen LogP contribution in [0.25, 0.3) is 28.4 Å². The number of nitrogens with one attached hydrogen (secondary N) is 1. The Labute approximate surface area is 191 Å². The van der Waals surface area contributed by atoms with Gasteiger partial charge in [-0.2, -0.15) is 13.2 Å². The lowest BCUT2D eigenvalue weighted by Crippen LogP contribution is -2.15. The normalized spacial score (nSPS) is 11.6. The minimum Gasteiger partial charge on any atom is -0.444 e. The minimum atomic E-state index is -4.64. The topological polar surface area (TPSA) is 72.4 Å². The molecule has 0 aliphatic heterocycles. The van der Waals surface area contributed by atoms with Gasteiger partial charge in [0.25, 0.3) is 5.91 Å². The maximum absolute atomic E-state index is 13.6. The second-order valence-electron chi connectivity index (χ2n) is 7.61. The third-order valence-electron chi connectivity index (χ3n) is 5.25. The van der Waals surface area contributed by atoms with E-state index in [9.17, 15) is 18.0 Å². The number of carbonyl (C=O) groups excluding carboxylic acids is 1. The van der Waals surface area contributed by atoms with Crippen LogP contribution in [0.15, 0.2) is 83.6 Å². The quantitative estimate of drug-likeness (QED) is 0.343. The first-order valence-corrected chi connectivity index (χ1v) is 10.3. The summed E-state index contributed by atoms with van der Waals surface area (Å²) in [7, 11) is 0. The van der Waals surface area contributed by atoms with E-state index in [4.69, 9.17) is 4.42 Å². The standard InChI is InChI=1S/C25H17F3N4O2/c1-15-14-34-24(29-15)18-13-17(10-11-19(18)25(26,27)28)23(33)31-22-21(16-7-3-2-4-8-16)30-20-9-5-6-12-32(20)22/h2-14H,1H3,(H,31,33). The van der Waals surface area contributed by atoms with E-state index >= 15 is 0 Å². The molecule has 3 heterocycles. The van der Waals surface area contributed by atoms with Gasteiger partial charge in [0.05, 0.1) is 16.8 Å². The predicted molar refractivity (Wildman–Crippen MR) is 120 cm³/mol. The van der Waals surface area contributed by atoms with Crippen LogP contribution in [0.3, 0.4) is 0 Å². The van der Waals surface area contributed by atoms with Gasteiger partial charge in [0.15, 0.2) is 0 Å². The first kappa shape index (κ1) is 21.4. The number of imidazole rings is 1. The Balaban J connectivity index is 1.58. The molecule has 3 aromatic heterocycles. The first-order chi connectivity index (χ1) is 16.3. The fourth-order valence-corrected chi connectivity index (χ4v) is 3.68. The van der Waals surface area contributed by atoms with E-state index in [1.165, 1.54) is 6.26 Å². The van der Waals surface area contributed by atoms with E-state index in [1.807, 2.05) is 36.4 Å². The zero-order valence-corrected chi connectivity index (χ0v) is 17.8. The SMILES string of the molecule is Cc1coc(-c2cc(C(=O)Nc3c(-c4ccccc4)nc4ccccn34)ccc2C(F)(F)F)n1. The van der Waals surface area contributed by atoms with Gasteiger partial charge in [0.1, 0.15) is 23.4 Å². The molecular formula is C25H17F3N4O2. The predicted octanol–water partition coefficient (Wildman–Crippen LogP) is 6.24. The summed E-state index contributed by atoms with van der Waals surface area (Å²) in [6.45, 7) is 1.60. The summed E-state index contributed by atoms with van der Waals surface area (Å²) in [6, 6.07) is 17.8. The number of benzene rings is 2. The molecule has 2 aromatic carbocycles. The summed E-state index contributed by atoms with van der Waals surface area (Å²) in [6.07, 6.45) is -1.64. The highest BCUT2D eigenvalue weighted by atomic mass is 19.4. The number of aromatic nitrogens is 3. The Kier molecular flexibility index (Phi) is 5.16. The Morgan fingerprint density at radius 2 is 1.76 bits per heavy atom. The van der Waals surface area contributed by atoms with Crippen molar-refractivity contribution < 1.29 is 22.4 Å². The Morgan fingerprint density at radius 1 is 1.00 bits per heavy atom. The number of pyridine rings is 1. The van der Waals surface area contributed by atoms with Crippen LogP contribution in [0, 0.1) is 6.92 Å². The summed E-state index contributed by atoms with van der Waals surface area (Å²) in [5.74, 6) is -0.402. The van der Waals surface area contributed by atoms with Gasteiger partial charge in [0.2, 0.25) is 5.89 Å². The number of hydrogen-bond acceptors (Lipinski definition) is 4. The number of nitrogens with zero attached hydrogens (tertiary/aromatic N) is 3. The Hall–Kier alpha value is -4.40. The molecule has 0 atom stereocenters. The van der Waals surface area contributed by atoms with Crippen molar-refractivity contribution in [3.63, 3.8) is 0 Å². The second kappa shape index (κ2) is 8.18. The van der Waals surface area contributed by atoms with E-state index in [1.54, 1.807) is 29.7 Å². The molecule has 1 N–H and O–H groups in total. The number of halogens is 3. The van der Waals surface area contributed by atoms with Crippen LogP contribution >= 0.6 is 0 Å². The molecule has 9 heteroatoms. The highest BCUT2D eigenvalue weighted by Crippen LogP contribution is 2.37. The number of hydrogen-bond donors (Lipinski definition) is 1. The number of oxazole rings is 1. The van der Waals surface area contributed by atoms with Gasteiger partial charge in [-0.25, -0.2) is 9.97 Å². The van der Waals surface area contributed by atoms with Crippen LogP contribution in [-0.2, 0) is 6.18 Å². The number of carbonyl (C=O) groups is 1. The van der Waals surface area contributed by atoms with Crippen LogP contribution in [0.2, 0.25) is 0 Å². The average Bonchev–Trinajstić information content (AvgIpc) is 3.42. The van der Waals surface area contributed by atoms with Gasteiger partial charge in [0, 0.05) is 17.3 Å². The smallest absolute Gasteiger partial charge is 0.417 e. The van der Waals surface area contributed by atoms with Gasteiger partial charge >= 0.3 is 6.18 Å². The largest absolute Gasteiger partial charge is 0.444 e. The number of anilines is 1. The van der Waals surface area contributed by atoms with Crippen LogP contribution in [-0.4, -0.2) is 20.3 Å². The van der Waals surface area contributed by atoms with Crippen molar-refractivity contribution >= 4 is 17.4 Å². The molecule has 0 saturated carbocycles. The fourth-order valence-electron chi connectivity index (χ4n) is 3.68. The molecule has 0 spiro atoms. The lowest BCUT2D eigenvalue weighted by molar-refractivity contribution is -0.137. The van der Waals surface area contributed by atoms with Gasteiger partial charge < -0.3 is 9.73 Å². The summed E-state index contributed by atoms with van der Waals surface area (Å²) >= 11 is 0. The van der Waals surface area contributed by atoms with Crippen molar-refractivity contribution in [2.24, 2.45) is 0 Å². The molecular weight excluding hydrogens is 445 g/mol. The molecule has 0 fully saturated rings. The molecule has 0 unspecified atom stereocenters. The van der Waals surface area contributed by atoms with Crippen LogP contribution in [0.1, 0.15) is 21.6 Å². The van der Waals surface area contributed by atoms with E-state index in [0.29, 0.717) is 22.9 Å². The number of fused-ring (bicyclic) bond motifs is 1. The molecule has 6 nitrogen and oxygen atoms in total. The summed E-state index contributed by atoms with van der Waals surface area (Å²) in [4.78, 5) is 21.8. The van der Waals surface area contributed by atoms with Crippen molar-refractivity contribution in [3.8, 4) is 22.7 Å². The van der Waals surface area contributed by atoms with Crippen LogP contribution < -0.4 is 5.32 Å². The third kappa shape index (κ3) is 3.92. The van der Waals surface area contributed by atoms with Crippen molar-refractivity contribution in [2.45, 2.75) is 13.1 Å². The van der Waals surface area contributed by atoms with Crippen molar-refractivity contribution in [3.05, 3.63) is 96.0 Å². The zero-order chi connectivity index (χ0) is 23.9. The number of aryl methyl sites for hydroxylation is 1. The molecule has 0 aliphatic rings. The fraction of sp³-hybridized carbons (Fsp3) is 0.0800. The third-order valence-corrected chi connectivity index (χ3v) is 5.25.